The molecule has 0 radical (unpaired) electrons. The number of hydrogen-bond donors (Lipinski definition) is 1. The Kier molecular flexibility index (Phi) is 3.01. The Hall–Kier alpha value is -4.83. The number of rotatable bonds is 3. The number of para-hydroxylation sites is 2. The second-order valence-electron chi connectivity index (χ2n) is 8.28. The predicted molar refractivity (Wildman–Crippen MR) is 143 cm³/mol. The van der Waals surface area contributed by atoms with E-state index < -0.39 is 60.1 Å². The molecule has 2 heterocycles. The minimum Gasteiger partial charge on any atom is -0.508 e. The number of ether oxygens (including phenoxy) is 1. The molecule has 1 aromatic heterocycles. The van der Waals surface area contributed by atoms with Crippen LogP contribution >= 0.6 is 0 Å². The number of imidazole rings is 1. The normalized spacial score (nSPS) is 15.6. The van der Waals surface area contributed by atoms with Crippen molar-refractivity contribution in [3.8, 4) is 50.6 Å². The third-order valence-corrected chi connectivity index (χ3v) is 6.19. The van der Waals surface area contributed by atoms with Gasteiger partial charge in [0.1, 0.15) is 18.1 Å². The second-order valence-corrected chi connectivity index (χ2v) is 8.28. The Morgan fingerprint density at radius 1 is 0.806 bits per heavy atom. The van der Waals surface area contributed by atoms with Crippen LogP contribution in [0.3, 0.4) is 0 Å². The molecule has 4 heteroatoms. The van der Waals surface area contributed by atoms with Gasteiger partial charge in [0.25, 0.3) is 0 Å². The first-order valence-electron chi connectivity index (χ1n) is 15.7. The van der Waals surface area contributed by atoms with E-state index in [0.29, 0.717) is 33.7 Å². The lowest BCUT2D eigenvalue weighted by molar-refractivity contribution is 0.280. The fourth-order valence-electron chi connectivity index (χ4n) is 4.69. The van der Waals surface area contributed by atoms with Crippen LogP contribution in [-0.4, -0.2) is 14.7 Å². The van der Waals surface area contributed by atoms with Crippen molar-refractivity contribution in [1.29, 1.82) is 0 Å². The summed E-state index contributed by atoms with van der Waals surface area (Å²) in [5, 5.41) is 10.6. The van der Waals surface area contributed by atoms with Gasteiger partial charge >= 0.3 is 0 Å². The van der Waals surface area contributed by atoms with Crippen molar-refractivity contribution in [2.24, 2.45) is 0 Å². The zero-order valence-corrected chi connectivity index (χ0v) is 18.7. The zero-order chi connectivity index (χ0) is 31.9. The summed E-state index contributed by atoms with van der Waals surface area (Å²) in [7, 11) is 0. The van der Waals surface area contributed by atoms with Gasteiger partial charge in [-0.25, -0.2) is 4.98 Å². The summed E-state index contributed by atoms with van der Waals surface area (Å²) >= 11 is 0. The van der Waals surface area contributed by atoms with Crippen LogP contribution in [0, 0.1) is 0 Å². The number of nitrogens with zero attached hydrogens (tertiary/aromatic N) is 2. The van der Waals surface area contributed by atoms with E-state index in [-0.39, 0.29) is 28.9 Å². The number of phenols is 1. The number of fused-ring (bicyclic) bond motifs is 5. The lowest BCUT2D eigenvalue weighted by Gasteiger charge is -2.20. The minimum absolute atomic E-state index is 0.0857. The van der Waals surface area contributed by atoms with Gasteiger partial charge in [0.05, 0.1) is 29.1 Å². The van der Waals surface area contributed by atoms with Crippen LogP contribution in [0.5, 0.6) is 11.5 Å². The van der Waals surface area contributed by atoms with Gasteiger partial charge in [-0.05, 0) is 69.7 Å². The lowest BCUT2D eigenvalue weighted by Crippen LogP contribution is -2.12. The van der Waals surface area contributed by atoms with Crippen molar-refractivity contribution in [2.75, 3.05) is 0 Å². The van der Waals surface area contributed by atoms with Crippen molar-refractivity contribution in [1.82, 2.24) is 9.55 Å². The molecule has 172 valence electrons. The van der Waals surface area contributed by atoms with Crippen LogP contribution in [0.4, 0.5) is 0 Å². The highest BCUT2D eigenvalue weighted by Gasteiger charge is 2.22. The van der Waals surface area contributed by atoms with Gasteiger partial charge in [-0.1, -0.05) is 78.7 Å². The Labute approximate surface area is 221 Å². The van der Waals surface area contributed by atoms with Gasteiger partial charge < -0.3 is 9.84 Å². The van der Waals surface area contributed by atoms with Crippen molar-refractivity contribution in [2.45, 2.75) is 6.61 Å². The number of aromatic nitrogens is 2. The topological polar surface area (TPSA) is 47.3 Å². The molecule has 0 fully saturated rings. The summed E-state index contributed by atoms with van der Waals surface area (Å²) in [5.74, 6) is 0.570. The first-order valence-corrected chi connectivity index (χ1v) is 11.2. The Morgan fingerprint density at radius 3 is 2.50 bits per heavy atom. The van der Waals surface area contributed by atoms with Crippen LogP contribution in [0.25, 0.3) is 50.1 Å². The number of hydrogen-bond acceptors (Lipinski definition) is 3. The standard InChI is InChI=1S/C32H22N2O2/c35-24-11-6-10-22(18-24)26-13-7-12-25(21-8-2-1-3-9-21)32(26)23-16-17-27-29(19-23)34-28-14-4-5-15-30(28)36-20-31(34)33-27/h1-19,35H,20H2/i1D,2D,3D,6D,8D,9D,10D,11D,18D. The maximum Gasteiger partial charge on any atom is 0.152 e. The van der Waals surface area contributed by atoms with Crippen molar-refractivity contribution >= 4 is 11.0 Å². The third-order valence-electron chi connectivity index (χ3n) is 6.19. The molecule has 0 saturated carbocycles. The molecule has 0 amide bonds. The molecule has 6 aromatic rings. The minimum atomic E-state index is -0.762. The van der Waals surface area contributed by atoms with E-state index in [9.17, 15) is 5.11 Å². The molecular weight excluding hydrogens is 444 g/mol. The van der Waals surface area contributed by atoms with E-state index in [4.69, 9.17) is 22.1 Å². The molecule has 0 bridgehead atoms. The van der Waals surface area contributed by atoms with E-state index in [1.54, 1.807) is 30.3 Å². The van der Waals surface area contributed by atoms with Gasteiger partial charge in [0.2, 0.25) is 0 Å². The third kappa shape index (κ3) is 3.27. The van der Waals surface area contributed by atoms with E-state index in [0.717, 1.165) is 5.69 Å². The number of phenolic OH excluding ortho intramolecular Hbond substituents is 1. The molecule has 5 aromatic carbocycles. The highest BCUT2D eigenvalue weighted by atomic mass is 16.5. The molecule has 4 nitrogen and oxygen atoms in total. The summed E-state index contributed by atoms with van der Waals surface area (Å²) in [6, 6.07) is 12.9. The summed E-state index contributed by atoms with van der Waals surface area (Å²) in [5.41, 5.74) is 3.16. The molecule has 0 aliphatic carbocycles. The first-order chi connectivity index (χ1) is 21.5. The smallest absolute Gasteiger partial charge is 0.152 e. The van der Waals surface area contributed by atoms with E-state index in [1.165, 1.54) is 0 Å². The van der Waals surface area contributed by atoms with Gasteiger partial charge in [0.15, 0.2) is 5.82 Å². The Bertz CT molecular complexity index is 2100. The van der Waals surface area contributed by atoms with Crippen molar-refractivity contribution < 1.29 is 22.2 Å². The van der Waals surface area contributed by atoms with E-state index in [2.05, 4.69) is 0 Å². The molecule has 0 saturated heterocycles. The fourth-order valence-corrected chi connectivity index (χ4v) is 4.69. The Morgan fingerprint density at radius 2 is 1.61 bits per heavy atom. The van der Waals surface area contributed by atoms with Gasteiger partial charge in [0, 0.05) is 0 Å². The van der Waals surface area contributed by atoms with E-state index in [1.807, 2.05) is 34.9 Å². The fraction of sp³-hybridized carbons (Fsp3) is 0.0312. The van der Waals surface area contributed by atoms with Crippen LogP contribution in [0.1, 0.15) is 18.2 Å². The molecule has 1 aliphatic rings. The number of benzene rings is 5. The quantitative estimate of drug-likeness (QED) is 0.286. The second kappa shape index (κ2) is 8.14. The summed E-state index contributed by atoms with van der Waals surface area (Å²) < 4.78 is 83.8. The van der Waals surface area contributed by atoms with Crippen molar-refractivity contribution in [3.63, 3.8) is 0 Å². The lowest BCUT2D eigenvalue weighted by atomic mass is 9.87. The van der Waals surface area contributed by atoms with Crippen LogP contribution < -0.4 is 4.74 Å². The predicted octanol–water partition coefficient (Wildman–Crippen LogP) is 7.62. The molecular formula is C32H22N2O2. The average Bonchev–Trinajstić information content (AvgIpc) is 3.43. The summed E-state index contributed by atoms with van der Waals surface area (Å²) in [6.07, 6.45) is 0. The van der Waals surface area contributed by atoms with Gasteiger partial charge in [-0.2, -0.15) is 0 Å². The maximum absolute atomic E-state index is 10.6. The molecule has 1 N–H and O–H groups in total. The van der Waals surface area contributed by atoms with Crippen LogP contribution in [0.15, 0.2) is 115 Å². The molecule has 7 rings (SSSR count). The molecule has 0 spiro atoms. The highest BCUT2D eigenvalue weighted by molar-refractivity contribution is 5.97. The summed E-state index contributed by atoms with van der Waals surface area (Å²) in [6.45, 7) is 0.237. The maximum atomic E-state index is 10.6. The van der Waals surface area contributed by atoms with Gasteiger partial charge in [-0.15, -0.1) is 0 Å². The molecule has 0 unspecified atom stereocenters. The largest absolute Gasteiger partial charge is 0.508 e. The zero-order valence-electron chi connectivity index (χ0n) is 27.7. The number of aromatic hydroxyl groups is 1. The monoisotopic (exact) mass is 475 g/mol. The van der Waals surface area contributed by atoms with Crippen molar-refractivity contribution in [3.05, 3.63) is 121 Å². The molecule has 1 aliphatic heterocycles. The first kappa shape index (κ1) is 13.3. The SMILES string of the molecule is [2H]c1c([2H])c([2H])c(-c2cccc(-c3c([2H])c([2H])c([2H])c(O)c3[2H])c2-c2ccc3nc4n(c3c2)-c2ccccc2OC4)c([2H])c1[2H]. The van der Waals surface area contributed by atoms with Crippen LogP contribution in [0.2, 0.25) is 0 Å². The molecule has 36 heavy (non-hydrogen) atoms. The van der Waals surface area contributed by atoms with E-state index >= 15 is 0 Å². The van der Waals surface area contributed by atoms with Gasteiger partial charge in [-0.3, -0.25) is 4.57 Å². The average molecular weight is 476 g/mol. The summed E-state index contributed by atoms with van der Waals surface area (Å²) in [4.78, 5) is 4.74. The molecule has 0 atom stereocenters. The Balaban J connectivity index is 1.61. The van der Waals surface area contributed by atoms with Crippen LogP contribution in [-0.2, 0) is 6.61 Å². The highest BCUT2D eigenvalue weighted by Crippen LogP contribution is 2.42.